The molecule has 0 aliphatic heterocycles. The van der Waals surface area contributed by atoms with Crippen LogP contribution in [-0.2, 0) is 0 Å². The van der Waals surface area contributed by atoms with Crippen molar-refractivity contribution >= 4 is 28.7 Å². The molecule has 4 heteroatoms. The van der Waals surface area contributed by atoms with E-state index in [0.717, 1.165) is 14.7 Å². The first-order valence-corrected chi connectivity index (χ1v) is 6.90. The topological polar surface area (TPSA) is 29.5 Å². The van der Waals surface area contributed by atoms with Crippen molar-refractivity contribution in [2.24, 2.45) is 0 Å². The molecule has 0 saturated carbocycles. The molecule has 2 rings (SSSR count). The van der Waals surface area contributed by atoms with Gasteiger partial charge in [-0.25, -0.2) is 4.79 Å². The number of hydrogen-bond donors (Lipinski definition) is 0. The fourth-order valence-electron chi connectivity index (χ4n) is 1.58. The van der Waals surface area contributed by atoms with Crippen LogP contribution in [0.5, 0.6) is 5.75 Å². The predicted octanol–water partition coefficient (Wildman–Crippen LogP) is 4.02. The number of halogens is 1. The van der Waals surface area contributed by atoms with Crippen LogP contribution in [0, 0.1) is 3.57 Å². The summed E-state index contributed by atoms with van der Waals surface area (Å²) in [6.45, 7) is 0. The van der Waals surface area contributed by atoms with Gasteiger partial charge in [0.1, 0.15) is 5.75 Å². The summed E-state index contributed by atoms with van der Waals surface area (Å²) in [4.78, 5) is 13.0. The summed E-state index contributed by atoms with van der Waals surface area (Å²) in [5.41, 5.74) is 2.13. The minimum Gasteiger partial charge on any atom is -0.409 e. The fraction of sp³-hybridized carbons (Fsp3) is 0.133. The number of amides is 1. The predicted molar refractivity (Wildman–Crippen MR) is 84.3 cm³/mol. The van der Waals surface area contributed by atoms with Crippen LogP contribution in [0.2, 0.25) is 0 Å². The standard InChI is InChI=1S/C15H14INO2/c1-17(2)15(18)19-14-10-12(8-9-13(14)16)11-6-4-3-5-7-11/h3-10H,1-2H3. The number of hydrogen-bond acceptors (Lipinski definition) is 2. The van der Waals surface area contributed by atoms with E-state index in [-0.39, 0.29) is 6.09 Å². The van der Waals surface area contributed by atoms with Gasteiger partial charge in [-0.3, -0.25) is 0 Å². The maximum atomic E-state index is 11.6. The largest absolute Gasteiger partial charge is 0.414 e. The fourth-order valence-corrected chi connectivity index (χ4v) is 2.02. The Bertz CT molecular complexity index is 582. The van der Waals surface area contributed by atoms with Crippen molar-refractivity contribution in [1.29, 1.82) is 0 Å². The van der Waals surface area contributed by atoms with Crippen molar-refractivity contribution in [3.63, 3.8) is 0 Å². The second-order valence-corrected chi connectivity index (χ2v) is 5.44. The highest BCUT2D eigenvalue weighted by Gasteiger charge is 2.11. The van der Waals surface area contributed by atoms with Gasteiger partial charge in [0.25, 0.3) is 0 Å². The van der Waals surface area contributed by atoms with Gasteiger partial charge in [-0.05, 0) is 45.9 Å². The minimum absolute atomic E-state index is 0.372. The summed E-state index contributed by atoms with van der Waals surface area (Å²) in [7, 11) is 3.33. The van der Waals surface area contributed by atoms with E-state index in [4.69, 9.17) is 4.74 Å². The zero-order chi connectivity index (χ0) is 13.8. The monoisotopic (exact) mass is 367 g/mol. The van der Waals surface area contributed by atoms with E-state index in [9.17, 15) is 4.79 Å². The summed E-state index contributed by atoms with van der Waals surface area (Å²) < 4.78 is 6.26. The van der Waals surface area contributed by atoms with Crippen LogP contribution in [0.3, 0.4) is 0 Å². The third-order valence-corrected chi connectivity index (χ3v) is 3.49. The molecular formula is C15H14INO2. The number of ether oxygens (including phenoxy) is 1. The van der Waals surface area contributed by atoms with Gasteiger partial charge in [-0.1, -0.05) is 36.4 Å². The zero-order valence-corrected chi connectivity index (χ0v) is 12.9. The molecule has 2 aromatic rings. The number of carbonyl (C=O) groups excluding carboxylic acids is 1. The number of nitrogens with zero attached hydrogens (tertiary/aromatic N) is 1. The Morgan fingerprint density at radius 3 is 2.37 bits per heavy atom. The van der Waals surface area contributed by atoms with Crippen LogP contribution >= 0.6 is 22.6 Å². The average molecular weight is 367 g/mol. The van der Waals surface area contributed by atoms with Crippen LogP contribution < -0.4 is 4.74 Å². The molecule has 0 aliphatic rings. The lowest BCUT2D eigenvalue weighted by Gasteiger charge is -2.13. The summed E-state index contributed by atoms with van der Waals surface area (Å²) in [5, 5.41) is 0. The Hall–Kier alpha value is -1.56. The van der Waals surface area contributed by atoms with Crippen LogP contribution in [0.15, 0.2) is 48.5 Å². The molecule has 0 fully saturated rings. The second kappa shape index (κ2) is 6.06. The molecule has 2 aromatic carbocycles. The minimum atomic E-state index is -0.372. The van der Waals surface area contributed by atoms with E-state index in [1.54, 1.807) is 14.1 Å². The van der Waals surface area contributed by atoms with Gasteiger partial charge >= 0.3 is 6.09 Å². The molecule has 0 aromatic heterocycles. The van der Waals surface area contributed by atoms with E-state index in [0.29, 0.717) is 5.75 Å². The first kappa shape index (κ1) is 13.9. The molecule has 0 atom stereocenters. The van der Waals surface area contributed by atoms with Crippen LogP contribution in [0.4, 0.5) is 4.79 Å². The van der Waals surface area contributed by atoms with E-state index >= 15 is 0 Å². The molecule has 0 heterocycles. The van der Waals surface area contributed by atoms with Crippen molar-refractivity contribution in [3.8, 4) is 16.9 Å². The molecular weight excluding hydrogens is 353 g/mol. The molecule has 3 nitrogen and oxygen atoms in total. The maximum absolute atomic E-state index is 11.6. The third-order valence-electron chi connectivity index (χ3n) is 2.60. The van der Waals surface area contributed by atoms with Crippen LogP contribution in [-0.4, -0.2) is 25.1 Å². The Balaban J connectivity index is 2.33. The van der Waals surface area contributed by atoms with Gasteiger partial charge in [0.05, 0.1) is 3.57 Å². The van der Waals surface area contributed by atoms with E-state index in [2.05, 4.69) is 22.6 Å². The van der Waals surface area contributed by atoms with Gasteiger partial charge in [-0.15, -0.1) is 0 Å². The molecule has 1 amide bonds. The Kier molecular flexibility index (Phi) is 4.42. The summed E-state index contributed by atoms with van der Waals surface area (Å²) in [6.07, 6.45) is -0.372. The summed E-state index contributed by atoms with van der Waals surface area (Å²) in [5.74, 6) is 0.584. The first-order valence-electron chi connectivity index (χ1n) is 5.82. The van der Waals surface area contributed by atoms with Crippen molar-refractivity contribution in [2.75, 3.05) is 14.1 Å². The number of carbonyl (C=O) groups is 1. The van der Waals surface area contributed by atoms with Crippen molar-refractivity contribution in [1.82, 2.24) is 4.90 Å². The molecule has 0 saturated heterocycles. The normalized spacial score (nSPS) is 10.1. The van der Waals surface area contributed by atoms with Gasteiger partial charge in [0, 0.05) is 14.1 Å². The lowest BCUT2D eigenvalue weighted by atomic mass is 10.1. The van der Waals surface area contributed by atoms with Crippen LogP contribution in [0.25, 0.3) is 11.1 Å². The summed E-state index contributed by atoms with van der Waals surface area (Å²) in [6, 6.07) is 15.9. The van der Waals surface area contributed by atoms with E-state index in [1.807, 2.05) is 48.5 Å². The lowest BCUT2D eigenvalue weighted by Crippen LogP contribution is -2.25. The Morgan fingerprint density at radius 2 is 1.74 bits per heavy atom. The SMILES string of the molecule is CN(C)C(=O)Oc1cc(-c2ccccc2)ccc1I. The molecule has 0 spiro atoms. The number of benzene rings is 2. The quantitative estimate of drug-likeness (QED) is 0.751. The highest BCUT2D eigenvalue weighted by Crippen LogP contribution is 2.28. The summed E-state index contributed by atoms with van der Waals surface area (Å²) >= 11 is 2.16. The smallest absolute Gasteiger partial charge is 0.409 e. The highest BCUT2D eigenvalue weighted by atomic mass is 127. The Morgan fingerprint density at radius 1 is 1.05 bits per heavy atom. The second-order valence-electron chi connectivity index (χ2n) is 4.27. The maximum Gasteiger partial charge on any atom is 0.414 e. The molecule has 19 heavy (non-hydrogen) atoms. The first-order chi connectivity index (χ1) is 9.08. The van der Waals surface area contributed by atoms with Crippen molar-refractivity contribution in [3.05, 3.63) is 52.1 Å². The zero-order valence-electron chi connectivity index (χ0n) is 10.8. The Labute approximate surface area is 126 Å². The van der Waals surface area contributed by atoms with Gasteiger partial charge in [-0.2, -0.15) is 0 Å². The van der Waals surface area contributed by atoms with Crippen molar-refractivity contribution < 1.29 is 9.53 Å². The average Bonchev–Trinajstić information content (AvgIpc) is 2.42. The number of rotatable bonds is 2. The van der Waals surface area contributed by atoms with E-state index in [1.165, 1.54) is 4.90 Å². The van der Waals surface area contributed by atoms with E-state index < -0.39 is 0 Å². The van der Waals surface area contributed by atoms with Crippen molar-refractivity contribution in [2.45, 2.75) is 0 Å². The van der Waals surface area contributed by atoms with Crippen LogP contribution in [0.1, 0.15) is 0 Å². The highest BCUT2D eigenvalue weighted by molar-refractivity contribution is 14.1. The lowest BCUT2D eigenvalue weighted by molar-refractivity contribution is 0.171. The molecule has 0 aliphatic carbocycles. The molecule has 0 bridgehead atoms. The molecule has 0 N–H and O–H groups in total. The molecule has 0 unspecified atom stereocenters. The van der Waals surface area contributed by atoms with Gasteiger partial charge in [0.15, 0.2) is 0 Å². The molecule has 98 valence electrons. The van der Waals surface area contributed by atoms with Gasteiger partial charge in [0.2, 0.25) is 0 Å². The van der Waals surface area contributed by atoms with Gasteiger partial charge < -0.3 is 9.64 Å². The molecule has 0 radical (unpaired) electrons. The third kappa shape index (κ3) is 3.47.